The lowest BCUT2D eigenvalue weighted by molar-refractivity contribution is -0.146. The second-order valence-corrected chi connectivity index (χ2v) is 13.8. The molecule has 23 heavy (non-hydrogen) atoms. The molecule has 5 nitrogen and oxygen atoms in total. The predicted octanol–water partition coefficient (Wildman–Crippen LogP) is 3.89. The lowest BCUT2D eigenvalue weighted by Gasteiger charge is -2.16. The highest BCUT2D eigenvalue weighted by atomic mass is 79.9. The maximum absolute atomic E-state index is 10.7. The number of ether oxygens (including phenoxy) is 2. The topological polar surface area (TPSA) is 76.0 Å². The zero-order chi connectivity index (χ0) is 17.6. The minimum atomic E-state index is -1.43. The van der Waals surface area contributed by atoms with E-state index in [2.05, 4.69) is 51.5 Å². The Bertz CT molecular complexity index is 522. The van der Waals surface area contributed by atoms with E-state index >= 15 is 0 Å². The molecule has 0 saturated carbocycles. The summed E-state index contributed by atoms with van der Waals surface area (Å²) in [5, 5.41) is 18.2. The van der Waals surface area contributed by atoms with Crippen LogP contribution in [0.1, 0.15) is 5.56 Å². The average Bonchev–Trinajstić information content (AvgIpc) is 2.39. The fourth-order valence-corrected chi connectivity index (χ4v) is 3.98. The van der Waals surface area contributed by atoms with E-state index in [1.54, 1.807) is 12.1 Å². The van der Waals surface area contributed by atoms with Crippen LogP contribution in [0.5, 0.6) is 5.75 Å². The standard InChI is InChI=1S/C15H22Br2O5Si/c1-23(2,3)5-4-21-9-22-14-11(16)6-10(7-12(14)17)8-13(18)15(19)20/h6-7,13,18H,4-5,8-9H2,1-3H3,(H,19,20)/t13-/m1/s1. The average molecular weight is 470 g/mol. The Kier molecular flexibility index (Phi) is 8.23. The van der Waals surface area contributed by atoms with Crippen LogP contribution in [0.3, 0.4) is 0 Å². The fraction of sp³-hybridized carbons (Fsp3) is 0.533. The Labute approximate surface area is 154 Å². The van der Waals surface area contributed by atoms with Gasteiger partial charge in [0, 0.05) is 21.1 Å². The molecule has 1 aromatic carbocycles. The van der Waals surface area contributed by atoms with Gasteiger partial charge in [0.1, 0.15) is 0 Å². The van der Waals surface area contributed by atoms with Crippen LogP contribution in [-0.2, 0) is 16.0 Å². The Morgan fingerprint density at radius 3 is 2.30 bits per heavy atom. The van der Waals surface area contributed by atoms with Gasteiger partial charge in [0.2, 0.25) is 0 Å². The summed E-state index contributed by atoms with van der Waals surface area (Å²) in [4.78, 5) is 10.7. The first-order chi connectivity index (χ1) is 10.6. The van der Waals surface area contributed by atoms with Crippen molar-refractivity contribution in [3.8, 4) is 5.75 Å². The summed E-state index contributed by atoms with van der Waals surface area (Å²) >= 11 is 6.79. The lowest BCUT2D eigenvalue weighted by atomic mass is 10.1. The number of halogens is 2. The van der Waals surface area contributed by atoms with Gasteiger partial charge >= 0.3 is 5.97 Å². The van der Waals surface area contributed by atoms with Gasteiger partial charge in [-0.25, -0.2) is 4.79 Å². The minimum absolute atomic E-state index is 0.0273. The molecule has 1 aromatic rings. The molecule has 0 aliphatic rings. The van der Waals surface area contributed by atoms with Crippen LogP contribution in [0, 0.1) is 0 Å². The second-order valence-electron chi connectivity index (χ2n) is 6.43. The lowest BCUT2D eigenvalue weighted by Crippen LogP contribution is -2.22. The molecule has 0 aliphatic carbocycles. The monoisotopic (exact) mass is 468 g/mol. The van der Waals surface area contributed by atoms with E-state index in [1.807, 2.05) is 0 Å². The van der Waals surface area contributed by atoms with Crippen molar-refractivity contribution in [2.75, 3.05) is 13.4 Å². The molecule has 0 bridgehead atoms. The maximum Gasteiger partial charge on any atom is 0.332 e. The highest BCUT2D eigenvalue weighted by Gasteiger charge is 2.17. The molecule has 0 unspecified atom stereocenters. The largest absolute Gasteiger partial charge is 0.479 e. The van der Waals surface area contributed by atoms with Crippen LogP contribution >= 0.6 is 31.9 Å². The molecule has 8 heteroatoms. The van der Waals surface area contributed by atoms with E-state index in [4.69, 9.17) is 14.6 Å². The van der Waals surface area contributed by atoms with Crippen LogP contribution < -0.4 is 4.74 Å². The van der Waals surface area contributed by atoms with Crippen molar-refractivity contribution in [2.45, 2.75) is 38.2 Å². The summed E-state index contributed by atoms with van der Waals surface area (Å²) in [5.74, 6) is -0.653. The van der Waals surface area contributed by atoms with Crippen molar-refractivity contribution in [3.63, 3.8) is 0 Å². The molecule has 0 radical (unpaired) electrons. The number of aliphatic hydroxyl groups is 1. The normalized spacial score (nSPS) is 13.0. The van der Waals surface area contributed by atoms with Crippen molar-refractivity contribution in [1.82, 2.24) is 0 Å². The Balaban J connectivity index is 2.59. The van der Waals surface area contributed by atoms with Crippen molar-refractivity contribution in [3.05, 3.63) is 26.6 Å². The first-order valence-electron chi connectivity index (χ1n) is 7.19. The fourth-order valence-electron chi connectivity index (χ4n) is 1.72. The molecule has 2 N–H and O–H groups in total. The number of aliphatic carboxylic acids is 1. The summed E-state index contributed by atoms with van der Waals surface area (Å²) in [6.07, 6.45) is -1.40. The molecule has 1 rings (SSSR count). The molecule has 1 atom stereocenters. The van der Waals surface area contributed by atoms with Crippen molar-refractivity contribution < 1.29 is 24.5 Å². The number of benzene rings is 1. The number of carboxylic acid groups (broad SMARTS) is 1. The minimum Gasteiger partial charge on any atom is -0.479 e. The summed E-state index contributed by atoms with van der Waals surface area (Å²) in [5.41, 5.74) is 0.686. The van der Waals surface area contributed by atoms with Crippen LogP contribution in [0.15, 0.2) is 21.1 Å². The van der Waals surface area contributed by atoms with Gasteiger partial charge in [0.05, 0.1) is 8.95 Å². The Morgan fingerprint density at radius 1 is 1.26 bits per heavy atom. The third kappa shape index (κ3) is 7.80. The van der Waals surface area contributed by atoms with Crippen LogP contribution in [-0.4, -0.2) is 43.8 Å². The molecule has 130 valence electrons. The van der Waals surface area contributed by atoms with Gasteiger partial charge in [-0.3, -0.25) is 0 Å². The molecular formula is C15H22Br2O5Si. The quantitative estimate of drug-likeness (QED) is 0.326. The van der Waals surface area contributed by atoms with E-state index in [1.165, 1.54) is 0 Å². The summed E-state index contributed by atoms with van der Waals surface area (Å²) in [6.45, 7) is 7.69. The van der Waals surface area contributed by atoms with E-state index in [0.717, 1.165) is 6.04 Å². The van der Waals surface area contributed by atoms with Gasteiger partial charge in [-0.15, -0.1) is 0 Å². The number of aliphatic hydroxyl groups excluding tert-OH is 1. The molecule has 0 saturated heterocycles. The molecule has 0 aliphatic heterocycles. The number of hydrogen-bond acceptors (Lipinski definition) is 4. The van der Waals surface area contributed by atoms with E-state index < -0.39 is 20.1 Å². The number of carbonyl (C=O) groups is 1. The van der Waals surface area contributed by atoms with Gasteiger partial charge in [-0.1, -0.05) is 19.6 Å². The van der Waals surface area contributed by atoms with Gasteiger partial charge in [0.25, 0.3) is 0 Å². The molecule has 0 amide bonds. The third-order valence-electron chi connectivity index (χ3n) is 3.06. The third-order valence-corrected chi connectivity index (χ3v) is 5.94. The molecule has 0 spiro atoms. The van der Waals surface area contributed by atoms with E-state index in [-0.39, 0.29) is 13.2 Å². The molecule has 0 fully saturated rings. The maximum atomic E-state index is 10.7. The van der Waals surface area contributed by atoms with Crippen molar-refractivity contribution in [1.29, 1.82) is 0 Å². The van der Waals surface area contributed by atoms with E-state index in [0.29, 0.717) is 26.9 Å². The first-order valence-corrected chi connectivity index (χ1v) is 12.5. The Hall–Kier alpha value is -0.413. The highest BCUT2D eigenvalue weighted by Crippen LogP contribution is 2.35. The molecule has 0 heterocycles. The van der Waals surface area contributed by atoms with E-state index in [9.17, 15) is 9.90 Å². The van der Waals surface area contributed by atoms with Gasteiger partial charge < -0.3 is 19.7 Å². The summed E-state index contributed by atoms with van der Waals surface area (Å²) in [6, 6.07) is 4.54. The number of rotatable bonds is 9. The van der Waals surface area contributed by atoms with Crippen LogP contribution in [0.25, 0.3) is 0 Å². The van der Waals surface area contributed by atoms with Gasteiger partial charge in [-0.2, -0.15) is 0 Å². The zero-order valence-electron chi connectivity index (χ0n) is 13.4. The second kappa shape index (κ2) is 9.17. The number of carboxylic acids is 1. The van der Waals surface area contributed by atoms with Gasteiger partial charge in [0.15, 0.2) is 18.6 Å². The zero-order valence-corrected chi connectivity index (χ0v) is 17.6. The summed E-state index contributed by atoms with van der Waals surface area (Å²) in [7, 11) is -1.11. The SMILES string of the molecule is C[Si](C)(C)CCOCOc1c(Br)cc(C[C@@H](O)C(=O)O)cc1Br. The molecular weight excluding hydrogens is 448 g/mol. The summed E-state index contributed by atoms with van der Waals surface area (Å²) < 4.78 is 12.5. The van der Waals surface area contributed by atoms with Crippen LogP contribution in [0.2, 0.25) is 25.7 Å². The van der Waals surface area contributed by atoms with Crippen molar-refractivity contribution >= 4 is 45.9 Å². The smallest absolute Gasteiger partial charge is 0.332 e. The first kappa shape index (κ1) is 20.6. The van der Waals surface area contributed by atoms with Crippen LogP contribution in [0.4, 0.5) is 0 Å². The highest BCUT2D eigenvalue weighted by molar-refractivity contribution is 9.11. The molecule has 0 aromatic heterocycles. The predicted molar refractivity (Wildman–Crippen MR) is 98.8 cm³/mol. The Morgan fingerprint density at radius 2 is 1.83 bits per heavy atom. The van der Waals surface area contributed by atoms with Gasteiger partial charge in [-0.05, 0) is 55.6 Å². The number of hydrogen-bond donors (Lipinski definition) is 2. The van der Waals surface area contributed by atoms with Crippen molar-refractivity contribution in [2.24, 2.45) is 0 Å².